The molecule has 3 aromatic carbocycles. The second kappa shape index (κ2) is 9.11. The van der Waals surface area contributed by atoms with Crippen LogP contribution >= 0.6 is 0 Å². The number of benzene rings is 3. The van der Waals surface area contributed by atoms with E-state index in [4.69, 9.17) is 4.42 Å². The molecular formula is C28H24FN3O4. The highest BCUT2D eigenvalue weighted by molar-refractivity contribution is 5.83. The van der Waals surface area contributed by atoms with Crippen molar-refractivity contribution in [2.75, 3.05) is 10.2 Å². The summed E-state index contributed by atoms with van der Waals surface area (Å²) in [5.41, 5.74) is 4.85. The average molecular weight is 486 g/mol. The molecule has 4 aromatic rings. The first-order valence-corrected chi connectivity index (χ1v) is 11.5. The molecule has 0 saturated carbocycles. The zero-order valence-electron chi connectivity index (χ0n) is 19.7. The number of hydrogen-bond donors (Lipinski definition) is 3. The summed E-state index contributed by atoms with van der Waals surface area (Å²) >= 11 is 0. The molecule has 2 heterocycles. The normalized spacial score (nSPS) is 13.6. The molecular weight excluding hydrogens is 461 g/mol. The molecule has 0 fully saturated rings. The number of nitrogens with one attached hydrogen (secondary N) is 1. The summed E-state index contributed by atoms with van der Waals surface area (Å²) in [6.07, 6.45) is -1.85. The van der Waals surface area contributed by atoms with Crippen molar-refractivity contribution in [1.82, 2.24) is 0 Å². The zero-order chi connectivity index (χ0) is 25.6. The third-order valence-electron chi connectivity index (χ3n) is 6.49. The van der Waals surface area contributed by atoms with Gasteiger partial charge in [-0.2, -0.15) is 5.26 Å². The molecule has 36 heavy (non-hydrogen) atoms. The first-order chi connectivity index (χ1) is 17.2. The molecule has 1 aliphatic heterocycles. The van der Waals surface area contributed by atoms with Crippen LogP contribution in [-0.4, -0.2) is 10.2 Å². The minimum absolute atomic E-state index is 0.00696. The number of rotatable bonds is 5. The topological polar surface area (TPSA) is 110 Å². The molecule has 5 rings (SSSR count). The molecule has 0 radical (unpaired) electrons. The summed E-state index contributed by atoms with van der Waals surface area (Å²) in [6, 6.07) is 16.2. The summed E-state index contributed by atoms with van der Waals surface area (Å²) < 4.78 is 20.0. The Hall–Kier alpha value is -4.19. The quantitative estimate of drug-likeness (QED) is 0.349. The lowest BCUT2D eigenvalue weighted by atomic mass is 10.0. The Morgan fingerprint density at radius 3 is 2.58 bits per heavy atom. The van der Waals surface area contributed by atoms with Crippen LogP contribution < -0.4 is 15.6 Å². The van der Waals surface area contributed by atoms with Crippen molar-refractivity contribution in [3.63, 3.8) is 0 Å². The molecule has 0 saturated heterocycles. The van der Waals surface area contributed by atoms with Gasteiger partial charge in [-0.1, -0.05) is 12.1 Å². The van der Waals surface area contributed by atoms with Crippen LogP contribution in [0.2, 0.25) is 0 Å². The Balaban J connectivity index is 1.54. The largest absolute Gasteiger partial charge is 0.440 e. The highest BCUT2D eigenvalue weighted by Crippen LogP contribution is 2.34. The number of nitriles is 1. The monoisotopic (exact) mass is 485 g/mol. The molecule has 1 atom stereocenters. The van der Waals surface area contributed by atoms with Gasteiger partial charge in [0.15, 0.2) is 11.7 Å². The van der Waals surface area contributed by atoms with Gasteiger partial charge in [-0.25, -0.2) is 4.39 Å². The van der Waals surface area contributed by atoms with E-state index in [9.17, 15) is 24.7 Å². The number of halogens is 1. The fraction of sp³-hybridized carbons (Fsp3) is 0.214. The summed E-state index contributed by atoms with van der Waals surface area (Å²) in [5.74, 6) is -0.158. The van der Waals surface area contributed by atoms with Crippen LogP contribution in [0.25, 0.3) is 11.0 Å². The van der Waals surface area contributed by atoms with E-state index >= 15 is 0 Å². The summed E-state index contributed by atoms with van der Waals surface area (Å²) in [5, 5.41) is 32.2. The van der Waals surface area contributed by atoms with Crippen LogP contribution in [-0.2, 0) is 13.1 Å². The van der Waals surface area contributed by atoms with Crippen molar-refractivity contribution in [3.05, 3.63) is 104 Å². The van der Waals surface area contributed by atoms with Gasteiger partial charge in [0.1, 0.15) is 11.4 Å². The number of aliphatic hydroxyl groups is 2. The number of fused-ring (bicyclic) bond motifs is 2. The number of hydrogen-bond acceptors (Lipinski definition) is 7. The number of aliphatic hydroxyl groups excluding tert-OH is 1. The van der Waals surface area contributed by atoms with E-state index in [1.54, 1.807) is 12.1 Å². The van der Waals surface area contributed by atoms with Crippen LogP contribution in [0.1, 0.15) is 52.6 Å². The van der Waals surface area contributed by atoms with E-state index in [-0.39, 0.29) is 11.0 Å². The van der Waals surface area contributed by atoms with Crippen molar-refractivity contribution >= 4 is 22.5 Å². The van der Waals surface area contributed by atoms with E-state index < -0.39 is 18.1 Å². The van der Waals surface area contributed by atoms with Gasteiger partial charge in [0.2, 0.25) is 5.88 Å². The van der Waals surface area contributed by atoms with Gasteiger partial charge in [0.25, 0.3) is 0 Å². The molecule has 182 valence electrons. The Labute approximate surface area is 206 Å². The van der Waals surface area contributed by atoms with Gasteiger partial charge >= 0.3 is 0 Å². The lowest BCUT2D eigenvalue weighted by molar-refractivity contribution is -0.0421. The predicted octanol–water partition coefficient (Wildman–Crippen LogP) is 4.79. The van der Waals surface area contributed by atoms with E-state index in [1.807, 2.05) is 36.9 Å². The molecule has 7 nitrogen and oxygen atoms in total. The van der Waals surface area contributed by atoms with E-state index in [0.29, 0.717) is 46.8 Å². The summed E-state index contributed by atoms with van der Waals surface area (Å²) in [6.45, 7) is 4.81. The molecule has 3 N–H and O–H groups in total. The second-order valence-electron chi connectivity index (χ2n) is 9.10. The highest BCUT2D eigenvalue weighted by atomic mass is 19.1. The SMILES string of the molecule is Cc1cc(C(C)Nc2ccc(F)cc2C(O)O)c2oc(N3Cc4ccc(C#N)cc4C3)cc(=O)c2c1. The van der Waals surface area contributed by atoms with E-state index in [0.717, 1.165) is 22.8 Å². The first-order valence-electron chi connectivity index (χ1n) is 11.5. The fourth-order valence-corrected chi connectivity index (χ4v) is 4.71. The molecule has 1 aromatic heterocycles. The second-order valence-corrected chi connectivity index (χ2v) is 9.10. The van der Waals surface area contributed by atoms with Gasteiger partial charge in [0.05, 0.1) is 23.1 Å². The van der Waals surface area contributed by atoms with Gasteiger partial charge in [0, 0.05) is 36.0 Å². The van der Waals surface area contributed by atoms with Crippen LogP contribution in [0.4, 0.5) is 16.0 Å². The lowest BCUT2D eigenvalue weighted by Gasteiger charge is -2.22. The predicted molar refractivity (Wildman–Crippen MR) is 134 cm³/mol. The minimum Gasteiger partial charge on any atom is -0.440 e. The lowest BCUT2D eigenvalue weighted by Crippen LogP contribution is -2.17. The number of nitrogens with zero attached hydrogens (tertiary/aromatic N) is 2. The Bertz CT molecular complexity index is 1590. The molecule has 0 bridgehead atoms. The average Bonchev–Trinajstić information content (AvgIpc) is 3.28. The summed E-state index contributed by atoms with van der Waals surface area (Å²) in [4.78, 5) is 15.1. The molecule has 1 unspecified atom stereocenters. The Morgan fingerprint density at radius 2 is 1.83 bits per heavy atom. The summed E-state index contributed by atoms with van der Waals surface area (Å²) in [7, 11) is 0. The van der Waals surface area contributed by atoms with Gasteiger partial charge in [-0.15, -0.1) is 0 Å². The minimum atomic E-state index is -1.85. The fourth-order valence-electron chi connectivity index (χ4n) is 4.71. The Morgan fingerprint density at radius 1 is 1.06 bits per heavy atom. The number of anilines is 2. The van der Waals surface area contributed by atoms with Crippen molar-refractivity contribution in [2.24, 2.45) is 0 Å². The van der Waals surface area contributed by atoms with E-state index in [1.165, 1.54) is 18.2 Å². The van der Waals surface area contributed by atoms with Crippen molar-refractivity contribution in [2.45, 2.75) is 39.3 Å². The van der Waals surface area contributed by atoms with Crippen LogP contribution in [0.5, 0.6) is 0 Å². The third kappa shape index (κ3) is 4.31. The molecule has 0 spiro atoms. The highest BCUT2D eigenvalue weighted by Gasteiger charge is 2.24. The third-order valence-corrected chi connectivity index (χ3v) is 6.49. The molecule has 0 aliphatic carbocycles. The van der Waals surface area contributed by atoms with Crippen molar-refractivity contribution < 1.29 is 19.0 Å². The Kier molecular flexibility index (Phi) is 5.96. The molecule has 8 heteroatoms. The van der Waals surface area contributed by atoms with Crippen LogP contribution in [0.15, 0.2) is 63.8 Å². The molecule has 0 amide bonds. The van der Waals surface area contributed by atoms with Crippen molar-refractivity contribution in [1.29, 1.82) is 5.26 Å². The maximum atomic E-state index is 13.7. The standard InChI is InChI=1S/C28H24FN3O4/c1-15-7-21(16(2)31-24-6-5-20(29)10-22(24)28(34)35)27-23(8-15)25(33)11-26(36-27)32-13-18-4-3-17(12-30)9-19(18)14-32/h3-11,16,28,31,34-35H,13-14H2,1-2H3. The van der Waals surface area contributed by atoms with Gasteiger partial charge in [-0.05, 0) is 66.9 Å². The van der Waals surface area contributed by atoms with E-state index in [2.05, 4.69) is 11.4 Å². The van der Waals surface area contributed by atoms with Crippen LogP contribution in [0.3, 0.4) is 0 Å². The van der Waals surface area contributed by atoms with Crippen molar-refractivity contribution in [3.8, 4) is 6.07 Å². The first kappa shape index (κ1) is 23.5. The molecule has 1 aliphatic rings. The zero-order valence-corrected chi connectivity index (χ0v) is 19.7. The smallest absolute Gasteiger partial charge is 0.200 e. The number of aryl methyl sites for hydroxylation is 1. The van der Waals surface area contributed by atoms with Crippen LogP contribution in [0, 0.1) is 24.1 Å². The maximum Gasteiger partial charge on any atom is 0.200 e. The maximum absolute atomic E-state index is 13.7. The van der Waals surface area contributed by atoms with Gasteiger partial charge in [-0.3, -0.25) is 4.79 Å². The van der Waals surface area contributed by atoms with Gasteiger partial charge < -0.3 is 24.8 Å².